The zero-order valence-corrected chi connectivity index (χ0v) is 9.31. The molecule has 3 nitrogen and oxygen atoms in total. The van der Waals surface area contributed by atoms with Gasteiger partial charge in [0.05, 0.1) is 5.69 Å². The first-order valence-electron chi connectivity index (χ1n) is 5.05. The first-order chi connectivity index (χ1) is 7.36. The number of aromatic nitrogens is 3. The zero-order chi connectivity index (χ0) is 11.1. The molecule has 0 saturated carbocycles. The molecular formula is C12H15N3. The summed E-state index contributed by atoms with van der Waals surface area (Å²) in [7, 11) is 0. The van der Waals surface area contributed by atoms with Gasteiger partial charge in [0.25, 0.3) is 0 Å². The zero-order valence-electron chi connectivity index (χ0n) is 9.31. The van der Waals surface area contributed by atoms with Crippen molar-refractivity contribution in [1.29, 1.82) is 0 Å². The number of pyridine rings is 1. The number of hydrogen-bond donors (Lipinski definition) is 0. The molecule has 2 heterocycles. The van der Waals surface area contributed by atoms with Gasteiger partial charge in [-0.2, -0.15) is 0 Å². The fourth-order valence-electron chi connectivity index (χ4n) is 1.13. The van der Waals surface area contributed by atoms with Crippen LogP contribution in [0.15, 0.2) is 36.9 Å². The maximum absolute atomic E-state index is 4.16. The lowest BCUT2D eigenvalue weighted by Crippen LogP contribution is -1.87. The first kappa shape index (κ1) is 11.3. The van der Waals surface area contributed by atoms with Gasteiger partial charge in [-0.1, -0.05) is 13.8 Å². The smallest absolute Gasteiger partial charge is 0.116 e. The molecule has 0 spiro atoms. The summed E-state index contributed by atoms with van der Waals surface area (Å²) in [5.74, 6) is 0. The van der Waals surface area contributed by atoms with E-state index in [4.69, 9.17) is 0 Å². The molecule has 0 aliphatic carbocycles. The molecule has 0 aliphatic rings. The lowest BCUT2D eigenvalue weighted by Gasteiger charge is -1.99. The van der Waals surface area contributed by atoms with Gasteiger partial charge in [0.1, 0.15) is 6.33 Å². The maximum atomic E-state index is 4.16. The number of hydrogen-bond acceptors (Lipinski definition) is 3. The van der Waals surface area contributed by atoms with Crippen LogP contribution in [0.1, 0.15) is 19.5 Å². The molecule has 0 aromatic carbocycles. The van der Waals surface area contributed by atoms with Crippen LogP contribution in [0.3, 0.4) is 0 Å². The molecule has 2 aromatic rings. The molecule has 0 aliphatic heterocycles. The average molecular weight is 201 g/mol. The lowest BCUT2D eigenvalue weighted by atomic mass is 10.2. The fourth-order valence-corrected chi connectivity index (χ4v) is 1.13. The van der Waals surface area contributed by atoms with Gasteiger partial charge in [-0.15, -0.1) is 0 Å². The Morgan fingerprint density at radius 2 is 1.93 bits per heavy atom. The van der Waals surface area contributed by atoms with E-state index in [0.717, 1.165) is 17.0 Å². The molecule has 2 rings (SSSR count). The Kier molecular flexibility index (Phi) is 4.41. The van der Waals surface area contributed by atoms with E-state index in [1.54, 1.807) is 18.7 Å². The Bertz CT molecular complexity index is 399. The minimum absolute atomic E-state index is 0.917. The predicted octanol–water partition coefficient (Wildman–Crippen LogP) is 2.87. The summed E-state index contributed by atoms with van der Waals surface area (Å²) in [5.41, 5.74) is 2.91. The van der Waals surface area contributed by atoms with Gasteiger partial charge in [-0.25, -0.2) is 9.97 Å². The molecule has 0 fully saturated rings. The highest BCUT2D eigenvalue weighted by molar-refractivity contribution is 5.57. The van der Waals surface area contributed by atoms with Crippen molar-refractivity contribution in [3.05, 3.63) is 42.6 Å². The first-order valence-corrected chi connectivity index (χ1v) is 5.05. The van der Waals surface area contributed by atoms with E-state index in [2.05, 4.69) is 15.0 Å². The van der Waals surface area contributed by atoms with Crippen molar-refractivity contribution in [3.63, 3.8) is 0 Å². The van der Waals surface area contributed by atoms with Crippen LogP contribution in [0.25, 0.3) is 11.3 Å². The number of nitrogens with zero attached hydrogens (tertiary/aromatic N) is 3. The SMILES string of the molecule is CC.Cc1cc(-c2cccnc2)ncn1. The van der Waals surface area contributed by atoms with Crippen LogP contribution in [0.2, 0.25) is 0 Å². The molecule has 3 heteroatoms. The minimum Gasteiger partial charge on any atom is -0.264 e. The second-order valence-electron chi connectivity index (χ2n) is 2.79. The van der Waals surface area contributed by atoms with Crippen LogP contribution in [0.5, 0.6) is 0 Å². The average Bonchev–Trinajstić information content (AvgIpc) is 2.33. The molecule has 0 radical (unpaired) electrons. The van der Waals surface area contributed by atoms with E-state index in [1.807, 2.05) is 39.0 Å². The van der Waals surface area contributed by atoms with Crippen molar-refractivity contribution in [1.82, 2.24) is 15.0 Å². The molecule has 0 bridgehead atoms. The molecule has 0 amide bonds. The second kappa shape index (κ2) is 5.86. The van der Waals surface area contributed by atoms with Crippen LogP contribution < -0.4 is 0 Å². The van der Waals surface area contributed by atoms with Gasteiger partial charge >= 0.3 is 0 Å². The third-order valence-electron chi connectivity index (χ3n) is 1.76. The van der Waals surface area contributed by atoms with Crippen LogP contribution >= 0.6 is 0 Å². The molecule has 0 N–H and O–H groups in total. The summed E-state index contributed by atoms with van der Waals surface area (Å²) >= 11 is 0. The van der Waals surface area contributed by atoms with Gasteiger partial charge in [0.15, 0.2) is 0 Å². The van der Waals surface area contributed by atoms with E-state index in [-0.39, 0.29) is 0 Å². The molecule has 78 valence electrons. The molecule has 0 atom stereocenters. The second-order valence-corrected chi connectivity index (χ2v) is 2.79. The van der Waals surface area contributed by atoms with Crippen molar-refractivity contribution in [2.75, 3.05) is 0 Å². The summed E-state index contributed by atoms with van der Waals surface area (Å²) in [5, 5.41) is 0. The van der Waals surface area contributed by atoms with Crippen LogP contribution in [-0.4, -0.2) is 15.0 Å². The van der Waals surface area contributed by atoms with Crippen LogP contribution in [0, 0.1) is 6.92 Å². The van der Waals surface area contributed by atoms with Gasteiger partial charge in [0, 0.05) is 23.7 Å². The third kappa shape index (κ3) is 3.13. The fraction of sp³-hybridized carbons (Fsp3) is 0.250. The van der Waals surface area contributed by atoms with Crippen molar-refractivity contribution in [2.45, 2.75) is 20.8 Å². The Morgan fingerprint density at radius 1 is 1.13 bits per heavy atom. The van der Waals surface area contributed by atoms with Gasteiger partial charge in [0.2, 0.25) is 0 Å². The monoisotopic (exact) mass is 201 g/mol. The van der Waals surface area contributed by atoms with Gasteiger partial charge in [-0.05, 0) is 25.1 Å². The highest BCUT2D eigenvalue weighted by Crippen LogP contribution is 2.14. The normalized spacial score (nSPS) is 9.00. The Hall–Kier alpha value is -1.77. The minimum atomic E-state index is 0.917. The van der Waals surface area contributed by atoms with Crippen molar-refractivity contribution in [3.8, 4) is 11.3 Å². The van der Waals surface area contributed by atoms with Crippen molar-refractivity contribution < 1.29 is 0 Å². The number of aryl methyl sites for hydroxylation is 1. The summed E-state index contributed by atoms with van der Waals surface area (Å²) in [6.45, 7) is 5.95. The highest BCUT2D eigenvalue weighted by atomic mass is 14.8. The predicted molar refractivity (Wildman–Crippen MR) is 61.3 cm³/mol. The van der Waals surface area contributed by atoms with Gasteiger partial charge in [-0.3, -0.25) is 4.98 Å². The standard InChI is InChI=1S/C10H9N3.C2H6/c1-8-5-10(13-7-12-8)9-3-2-4-11-6-9;1-2/h2-7H,1H3;1-2H3. The Labute approximate surface area is 90.2 Å². The Balaban J connectivity index is 0.000000531. The summed E-state index contributed by atoms with van der Waals surface area (Å²) in [6.07, 6.45) is 5.11. The highest BCUT2D eigenvalue weighted by Gasteiger charge is 1.97. The van der Waals surface area contributed by atoms with E-state index in [1.165, 1.54) is 0 Å². The number of rotatable bonds is 1. The van der Waals surface area contributed by atoms with E-state index < -0.39 is 0 Å². The van der Waals surface area contributed by atoms with E-state index >= 15 is 0 Å². The molecular weight excluding hydrogens is 186 g/mol. The van der Waals surface area contributed by atoms with Crippen molar-refractivity contribution >= 4 is 0 Å². The molecule has 0 saturated heterocycles. The largest absolute Gasteiger partial charge is 0.264 e. The summed E-state index contributed by atoms with van der Waals surface area (Å²) in [6, 6.07) is 5.82. The summed E-state index contributed by atoms with van der Waals surface area (Å²) in [4.78, 5) is 12.2. The molecule has 2 aromatic heterocycles. The van der Waals surface area contributed by atoms with Crippen molar-refractivity contribution in [2.24, 2.45) is 0 Å². The Morgan fingerprint density at radius 3 is 2.53 bits per heavy atom. The molecule has 0 unspecified atom stereocenters. The van der Waals surface area contributed by atoms with E-state index in [0.29, 0.717) is 0 Å². The van der Waals surface area contributed by atoms with Crippen LogP contribution in [-0.2, 0) is 0 Å². The third-order valence-corrected chi connectivity index (χ3v) is 1.76. The topological polar surface area (TPSA) is 38.7 Å². The van der Waals surface area contributed by atoms with E-state index in [9.17, 15) is 0 Å². The maximum Gasteiger partial charge on any atom is 0.116 e. The van der Waals surface area contributed by atoms with Crippen LogP contribution in [0.4, 0.5) is 0 Å². The molecule has 15 heavy (non-hydrogen) atoms. The quantitative estimate of drug-likeness (QED) is 0.712. The van der Waals surface area contributed by atoms with Gasteiger partial charge < -0.3 is 0 Å². The summed E-state index contributed by atoms with van der Waals surface area (Å²) < 4.78 is 0. The lowest BCUT2D eigenvalue weighted by molar-refractivity contribution is 1.10.